The molecule has 0 spiro atoms. The van der Waals surface area contributed by atoms with Gasteiger partial charge in [-0.15, -0.1) is 0 Å². The van der Waals surface area contributed by atoms with Crippen molar-refractivity contribution in [2.24, 2.45) is 0 Å². The van der Waals surface area contributed by atoms with Gasteiger partial charge in [0.05, 0.1) is 17.3 Å². The molecule has 5 heteroatoms. The number of rotatable bonds is 3. The summed E-state index contributed by atoms with van der Waals surface area (Å²) in [6.07, 6.45) is 4.11. The van der Waals surface area contributed by atoms with E-state index in [-0.39, 0.29) is 12.1 Å². The number of nitrogens with zero attached hydrogens (tertiary/aromatic N) is 2. The Kier molecular flexibility index (Phi) is 3.55. The summed E-state index contributed by atoms with van der Waals surface area (Å²) in [5.74, 6) is -1.10. The molecule has 0 atom stereocenters. The second kappa shape index (κ2) is 5.66. The molecule has 21 heavy (non-hydrogen) atoms. The lowest BCUT2D eigenvalue weighted by Crippen LogP contribution is -2.24. The molecule has 1 N–H and O–H groups in total. The highest BCUT2D eigenvalue weighted by Crippen LogP contribution is 2.15. The number of carbonyl (C=O) groups is 1. The summed E-state index contributed by atoms with van der Waals surface area (Å²) in [5, 5.41) is 3.70. The Balaban J connectivity index is 1.81. The van der Waals surface area contributed by atoms with Crippen LogP contribution >= 0.6 is 0 Å². The van der Waals surface area contributed by atoms with Crippen LogP contribution in [0.1, 0.15) is 15.9 Å². The van der Waals surface area contributed by atoms with E-state index in [0.717, 1.165) is 22.7 Å². The number of carbonyl (C=O) groups excluding carboxylic acids is 1. The molecule has 0 aliphatic heterocycles. The highest BCUT2D eigenvalue weighted by molar-refractivity contribution is 5.94. The second-order valence-corrected chi connectivity index (χ2v) is 4.53. The van der Waals surface area contributed by atoms with Crippen LogP contribution < -0.4 is 5.32 Å². The van der Waals surface area contributed by atoms with E-state index >= 15 is 0 Å². The van der Waals surface area contributed by atoms with E-state index in [4.69, 9.17) is 0 Å². The Morgan fingerprint density at radius 1 is 1.14 bits per heavy atom. The summed E-state index contributed by atoms with van der Waals surface area (Å²) in [7, 11) is 0. The zero-order chi connectivity index (χ0) is 14.7. The number of para-hydroxylation sites is 1. The molecule has 0 unspecified atom stereocenters. The maximum Gasteiger partial charge on any atom is 0.254 e. The average molecular weight is 281 g/mol. The topological polar surface area (TPSA) is 54.9 Å². The minimum atomic E-state index is -0.633. The van der Waals surface area contributed by atoms with Gasteiger partial charge in [-0.05, 0) is 17.7 Å². The van der Waals surface area contributed by atoms with Crippen LogP contribution in [0.3, 0.4) is 0 Å². The van der Waals surface area contributed by atoms with Gasteiger partial charge in [-0.3, -0.25) is 14.8 Å². The van der Waals surface area contributed by atoms with Gasteiger partial charge in [0.25, 0.3) is 5.91 Å². The average Bonchev–Trinajstić information content (AvgIpc) is 2.53. The van der Waals surface area contributed by atoms with E-state index in [1.54, 1.807) is 6.20 Å². The van der Waals surface area contributed by atoms with Crippen LogP contribution in [0.2, 0.25) is 0 Å². The van der Waals surface area contributed by atoms with E-state index in [1.165, 1.54) is 12.3 Å². The van der Waals surface area contributed by atoms with Gasteiger partial charge in [-0.1, -0.05) is 24.3 Å². The zero-order valence-electron chi connectivity index (χ0n) is 11.1. The molecule has 0 aliphatic carbocycles. The quantitative estimate of drug-likeness (QED) is 0.803. The Morgan fingerprint density at radius 3 is 2.86 bits per heavy atom. The van der Waals surface area contributed by atoms with Gasteiger partial charge in [0.1, 0.15) is 0 Å². The zero-order valence-corrected chi connectivity index (χ0v) is 11.1. The van der Waals surface area contributed by atoms with Gasteiger partial charge in [-0.25, -0.2) is 4.39 Å². The summed E-state index contributed by atoms with van der Waals surface area (Å²) in [4.78, 5) is 19.9. The SMILES string of the molecule is O=C(NCc1cccc2cccnc12)c1ccncc1F. The molecule has 0 bridgehead atoms. The molecule has 0 saturated carbocycles. The van der Waals surface area contributed by atoms with Gasteiger partial charge in [-0.2, -0.15) is 0 Å². The van der Waals surface area contributed by atoms with Crippen molar-refractivity contribution >= 4 is 16.8 Å². The van der Waals surface area contributed by atoms with Crippen LogP contribution in [-0.4, -0.2) is 15.9 Å². The molecule has 1 amide bonds. The van der Waals surface area contributed by atoms with Crippen molar-refractivity contribution in [2.75, 3.05) is 0 Å². The Morgan fingerprint density at radius 2 is 2.00 bits per heavy atom. The molecule has 104 valence electrons. The smallest absolute Gasteiger partial charge is 0.254 e. The molecular weight excluding hydrogens is 269 g/mol. The monoisotopic (exact) mass is 281 g/mol. The summed E-state index contributed by atoms with van der Waals surface area (Å²) in [6, 6.07) is 10.9. The molecular formula is C16H12FN3O. The summed E-state index contributed by atoms with van der Waals surface area (Å²) < 4.78 is 13.5. The van der Waals surface area contributed by atoms with Gasteiger partial charge in [0, 0.05) is 24.3 Å². The fourth-order valence-corrected chi connectivity index (χ4v) is 2.14. The lowest BCUT2D eigenvalue weighted by atomic mass is 10.1. The minimum absolute atomic E-state index is 0.0156. The van der Waals surface area contributed by atoms with Crippen LogP contribution in [0.5, 0.6) is 0 Å². The van der Waals surface area contributed by atoms with Gasteiger partial charge < -0.3 is 5.32 Å². The molecule has 3 aromatic rings. The number of hydrogen-bond donors (Lipinski definition) is 1. The first-order valence-electron chi connectivity index (χ1n) is 6.46. The van der Waals surface area contributed by atoms with Crippen LogP contribution in [0.4, 0.5) is 4.39 Å². The minimum Gasteiger partial charge on any atom is -0.348 e. The maximum atomic E-state index is 13.5. The maximum absolute atomic E-state index is 13.5. The number of fused-ring (bicyclic) bond motifs is 1. The number of amides is 1. The standard InChI is InChI=1S/C16H12FN3O/c17-14-10-18-8-6-13(14)16(21)20-9-12-4-1-3-11-5-2-7-19-15(11)12/h1-8,10H,9H2,(H,20,21). The van der Waals surface area contributed by atoms with Gasteiger partial charge in [0.15, 0.2) is 5.82 Å². The molecule has 0 radical (unpaired) electrons. The van der Waals surface area contributed by atoms with Crippen molar-refractivity contribution in [2.45, 2.75) is 6.54 Å². The van der Waals surface area contributed by atoms with Gasteiger partial charge in [0.2, 0.25) is 0 Å². The Hall–Kier alpha value is -2.82. The third-order valence-corrected chi connectivity index (χ3v) is 3.17. The predicted octanol–water partition coefficient (Wildman–Crippen LogP) is 2.70. The van der Waals surface area contributed by atoms with Crippen molar-refractivity contribution < 1.29 is 9.18 Å². The van der Waals surface area contributed by atoms with Crippen LogP contribution in [0.25, 0.3) is 10.9 Å². The first kappa shape index (κ1) is 13.2. The molecule has 4 nitrogen and oxygen atoms in total. The summed E-state index contributed by atoms with van der Waals surface area (Å²) in [5.41, 5.74) is 1.70. The van der Waals surface area contributed by atoms with Crippen molar-refractivity contribution in [1.82, 2.24) is 15.3 Å². The highest BCUT2D eigenvalue weighted by atomic mass is 19.1. The van der Waals surface area contributed by atoms with Crippen molar-refractivity contribution in [3.05, 3.63) is 71.9 Å². The number of pyridine rings is 2. The van der Waals surface area contributed by atoms with Crippen molar-refractivity contribution in [3.63, 3.8) is 0 Å². The molecule has 0 aliphatic rings. The number of benzene rings is 1. The highest BCUT2D eigenvalue weighted by Gasteiger charge is 2.11. The molecule has 1 aromatic carbocycles. The number of halogens is 1. The van der Waals surface area contributed by atoms with Crippen molar-refractivity contribution in [1.29, 1.82) is 0 Å². The normalized spacial score (nSPS) is 10.5. The lowest BCUT2D eigenvalue weighted by Gasteiger charge is -2.08. The third-order valence-electron chi connectivity index (χ3n) is 3.17. The van der Waals surface area contributed by atoms with E-state index < -0.39 is 11.7 Å². The van der Waals surface area contributed by atoms with Crippen LogP contribution in [-0.2, 0) is 6.54 Å². The van der Waals surface area contributed by atoms with E-state index in [2.05, 4.69) is 15.3 Å². The van der Waals surface area contributed by atoms with Crippen molar-refractivity contribution in [3.8, 4) is 0 Å². The van der Waals surface area contributed by atoms with E-state index in [9.17, 15) is 9.18 Å². The van der Waals surface area contributed by atoms with Crippen LogP contribution in [0, 0.1) is 5.82 Å². The largest absolute Gasteiger partial charge is 0.348 e. The van der Waals surface area contributed by atoms with Gasteiger partial charge >= 0.3 is 0 Å². The molecule has 0 fully saturated rings. The Labute approximate surface area is 120 Å². The summed E-state index contributed by atoms with van der Waals surface area (Å²) >= 11 is 0. The predicted molar refractivity (Wildman–Crippen MR) is 77.1 cm³/mol. The number of aromatic nitrogens is 2. The fourth-order valence-electron chi connectivity index (χ4n) is 2.14. The molecule has 0 saturated heterocycles. The van der Waals surface area contributed by atoms with E-state index in [0.29, 0.717) is 0 Å². The second-order valence-electron chi connectivity index (χ2n) is 4.53. The van der Waals surface area contributed by atoms with E-state index in [1.807, 2.05) is 30.3 Å². The number of nitrogens with one attached hydrogen (secondary N) is 1. The molecule has 2 aromatic heterocycles. The first-order chi connectivity index (χ1) is 10.3. The number of hydrogen-bond acceptors (Lipinski definition) is 3. The summed E-state index contributed by atoms with van der Waals surface area (Å²) in [6.45, 7) is 0.287. The third kappa shape index (κ3) is 2.72. The Bertz CT molecular complexity index is 799. The lowest BCUT2D eigenvalue weighted by molar-refractivity contribution is 0.0947. The van der Waals surface area contributed by atoms with Crippen LogP contribution in [0.15, 0.2) is 55.0 Å². The fraction of sp³-hybridized carbons (Fsp3) is 0.0625. The molecule has 2 heterocycles. The molecule has 3 rings (SSSR count). The first-order valence-corrected chi connectivity index (χ1v) is 6.46.